The Morgan fingerprint density at radius 3 is 1.24 bits per heavy atom. The molecule has 4 aliphatic rings. The second-order valence-electron chi connectivity index (χ2n) is 13.2. The van der Waals surface area contributed by atoms with Crippen molar-refractivity contribution in [1.82, 2.24) is 9.97 Å². The van der Waals surface area contributed by atoms with Gasteiger partial charge < -0.3 is 21.2 Å². The van der Waals surface area contributed by atoms with Gasteiger partial charge in [0.25, 0.3) is 0 Å². The summed E-state index contributed by atoms with van der Waals surface area (Å²) in [6, 6.07) is 11.5. The summed E-state index contributed by atoms with van der Waals surface area (Å²) in [5, 5.41) is 27.2. The van der Waals surface area contributed by atoms with Gasteiger partial charge in [-0.25, -0.2) is 0 Å². The van der Waals surface area contributed by atoms with Crippen LogP contribution >= 0.6 is 0 Å². The number of hydrogen-bond acceptors (Lipinski definition) is 4. The fraction of sp³-hybridized carbons (Fsp3) is 0.667. The van der Waals surface area contributed by atoms with Crippen molar-refractivity contribution in [2.24, 2.45) is 33.5 Å². The molecule has 7 heteroatoms. The Hall–Kier alpha value is -1.17. The van der Waals surface area contributed by atoms with E-state index in [1.54, 1.807) is 12.4 Å². The van der Waals surface area contributed by atoms with Gasteiger partial charge in [0.1, 0.15) is 0 Å². The molecule has 6 atom stereocenters. The van der Waals surface area contributed by atoms with Gasteiger partial charge in [-0.05, 0) is 96.3 Å². The summed E-state index contributed by atoms with van der Waals surface area (Å²) in [6.07, 6.45) is 10.2. The second kappa shape index (κ2) is 10.1. The van der Waals surface area contributed by atoms with Crippen molar-refractivity contribution >= 4 is 0 Å². The Bertz CT molecular complexity index is 969. The molecule has 0 spiro atoms. The molecule has 4 saturated carbocycles. The molecule has 206 valence electrons. The number of nitrogens with zero attached hydrogens (tertiary/aromatic N) is 2. The molecule has 6 nitrogen and oxygen atoms in total. The number of fused-ring (bicyclic) bond motifs is 4. The molecule has 0 N–H and O–H groups in total. The fourth-order valence-electron chi connectivity index (χ4n) is 8.90. The van der Waals surface area contributed by atoms with Crippen molar-refractivity contribution in [2.45, 2.75) is 91.3 Å². The molecule has 0 aliphatic heterocycles. The molecule has 6 rings (SSSR count). The van der Waals surface area contributed by atoms with Crippen molar-refractivity contribution in [3.8, 4) is 0 Å². The number of hydrogen-bond donors (Lipinski definition) is 0. The molecule has 0 radical (unpaired) electrons. The Morgan fingerprint density at radius 2 is 1.00 bits per heavy atom. The van der Waals surface area contributed by atoms with Gasteiger partial charge in [0, 0.05) is 44.8 Å². The summed E-state index contributed by atoms with van der Waals surface area (Å²) in [7, 11) is 0. The summed E-state index contributed by atoms with van der Waals surface area (Å²) in [5.74, 6) is 1.12. The topological polar surface area (TPSA) is 129 Å². The zero-order chi connectivity index (χ0) is 24.6. The van der Waals surface area contributed by atoms with E-state index in [1.807, 2.05) is 36.4 Å². The van der Waals surface area contributed by atoms with E-state index >= 15 is 0 Å². The van der Waals surface area contributed by atoms with Crippen LogP contribution in [0.2, 0.25) is 0 Å². The van der Waals surface area contributed by atoms with Crippen LogP contribution in [0.3, 0.4) is 0 Å². The maximum Gasteiger partial charge on any atom is 0.0310 e. The summed E-state index contributed by atoms with van der Waals surface area (Å²) >= 11 is 0. The van der Waals surface area contributed by atoms with Crippen molar-refractivity contribution < 1.29 is 42.2 Å². The van der Waals surface area contributed by atoms with Crippen molar-refractivity contribution in [3.63, 3.8) is 0 Å². The van der Waals surface area contributed by atoms with Gasteiger partial charge in [-0.2, -0.15) is 0 Å². The summed E-state index contributed by atoms with van der Waals surface area (Å²) in [5.41, 5.74) is -1.16. The standard InChI is InChI=1S/2C15H20NO.Mo.2O/c2*1-13(2)11-7-8-14(3,10-11)15(13,17)12-6-4-5-9-16-12;;;/h2*4-6,9,11H,7-8,10H2,1-3H3;;;/q2*-1;;2*-2/t2*11?,14?,15-;;;/m00.../s1. The van der Waals surface area contributed by atoms with Gasteiger partial charge in [-0.1, -0.05) is 64.9 Å². The molecule has 2 heterocycles. The zero-order valence-electron chi connectivity index (χ0n) is 23.0. The van der Waals surface area contributed by atoms with Gasteiger partial charge >= 0.3 is 0 Å². The largest absolute Gasteiger partial charge is 2.00 e. The van der Waals surface area contributed by atoms with E-state index in [2.05, 4.69) is 51.5 Å². The molecule has 0 amide bonds. The van der Waals surface area contributed by atoms with E-state index in [1.165, 1.54) is 12.8 Å². The van der Waals surface area contributed by atoms with E-state index in [0.29, 0.717) is 11.8 Å². The Morgan fingerprint density at radius 1 is 0.649 bits per heavy atom. The van der Waals surface area contributed by atoms with Crippen LogP contribution in [0, 0.1) is 33.5 Å². The van der Waals surface area contributed by atoms with Crippen LogP contribution in [-0.2, 0) is 43.2 Å². The summed E-state index contributed by atoms with van der Waals surface area (Å²) < 4.78 is 0. The Balaban J connectivity index is 0.000000241. The summed E-state index contributed by atoms with van der Waals surface area (Å²) in [4.78, 5) is 8.76. The third kappa shape index (κ3) is 4.00. The van der Waals surface area contributed by atoms with Crippen LogP contribution in [-0.4, -0.2) is 9.97 Å². The van der Waals surface area contributed by atoms with Crippen LogP contribution in [0.5, 0.6) is 0 Å². The van der Waals surface area contributed by atoms with Crippen LogP contribution < -0.4 is 10.2 Å². The van der Waals surface area contributed by atoms with E-state index in [9.17, 15) is 10.2 Å². The van der Waals surface area contributed by atoms with E-state index in [4.69, 9.17) is 0 Å². The molecule has 4 bridgehead atoms. The van der Waals surface area contributed by atoms with Gasteiger partial charge in [-0.15, -0.1) is 0 Å². The first-order valence-corrected chi connectivity index (χ1v) is 13.1. The SMILES string of the molecule is CC12CCC(C1)C(C)(C)[C@@]2([O-])c1ccccn1.CC12CCC(C1)C(C)(C)[C@@]2([O-])c1ccccn1.[Mo].[O-2].[O-2]. The predicted molar refractivity (Wildman–Crippen MR) is 132 cm³/mol. The average molecular weight is 589 g/mol. The van der Waals surface area contributed by atoms with E-state index in [0.717, 1.165) is 37.1 Å². The first-order chi connectivity index (χ1) is 15.8. The van der Waals surface area contributed by atoms with Crippen LogP contribution in [0.25, 0.3) is 0 Å². The average Bonchev–Trinajstić information content (AvgIpc) is 3.50. The van der Waals surface area contributed by atoms with Crippen LogP contribution in [0.4, 0.5) is 0 Å². The van der Waals surface area contributed by atoms with E-state index in [-0.39, 0.29) is 53.7 Å². The second-order valence-corrected chi connectivity index (χ2v) is 13.2. The van der Waals surface area contributed by atoms with Gasteiger partial charge in [0.15, 0.2) is 0 Å². The van der Waals surface area contributed by atoms with Gasteiger partial charge in [0.05, 0.1) is 0 Å². The molecule has 4 aliphatic carbocycles. The molecule has 2 aromatic heterocycles. The molecule has 37 heavy (non-hydrogen) atoms. The molecular formula is C30H40MoN2O4-6. The first kappa shape index (κ1) is 32.0. The molecule has 2 aromatic rings. The quantitative estimate of drug-likeness (QED) is 0.470. The Labute approximate surface area is 236 Å². The summed E-state index contributed by atoms with van der Waals surface area (Å²) in [6.45, 7) is 12.9. The van der Waals surface area contributed by atoms with Crippen LogP contribution in [0.15, 0.2) is 48.8 Å². The smallest absolute Gasteiger partial charge is 0.0310 e. The van der Waals surface area contributed by atoms with Gasteiger partial charge in [-0.3, -0.25) is 9.97 Å². The Kier molecular flexibility index (Phi) is 8.74. The van der Waals surface area contributed by atoms with Crippen molar-refractivity contribution in [1.29, 1.82) is 0 Å². The van der Waals surface area contributed by atoms with Crippen molar-refractivity contribution in [3.05, 3.63) is 60.2 Å². The molecule has 0 aromatic carbocycles. The third-order valence-electron chi connectivity index (χ3n) is 11.1. The van der Waals surface area contributed by atoms with Crippen LogP contribution in [0.1, 0.15) is 91.5 Å². The molecule has 0 saturated heterocycles. The minimum Gasteiger partial charge on any atom is -2.00 e. The van der Waals surface area contributed by atoms with E-state index < -0.39 is 11.2 Å². The monoisotopic (exact) mass is 590 g/mol. The molecular weight excluding hydrogens is 548 g/mol. The maximum absolute atomic E-state index is 13.6. The predicted octanol–water partition coefficient (Wildman–Crippen LogP) is 4.73. The van der Waals surface area contributed by atoms with Gasteiger partial charge in [0.2, 0.25) is 0 Å². The normalized spacial score (nSPS) is 39.5. The number of rotatable bonds is 2. The number of pyridine rings is 2. The third-order valence-corrected chi connectivity index (χ3v) is 11.1. The fourth-order valence-corrected chi connectivity index (χ4v) is 8.90. The number of aromatic nitrogens is 2. The van der Waals surface area contributed by atoms with Crippen molar-refractivity contribution in [2.75, 3.05) is 0 Å². The molecule has 4 fully saturated rings. The first-order valence-electron chi connectivity index (χ1n) is 13.1. The zero-order valence-corrected chi connectivity index (χ0v) is 25.0. The minimum absolute atomic E-state index is 0. The maximum atomic E-state index is 13.6. The molecule has 4 unspecified atom stereocenters. The minimum atomic E-state index is -1.02.